The van der Waals surface area contributed by atoms with Gasteiger partial charge < -0.3 is 30.3 Å². The molecule has 1 aromatic carbocycles. The fraction of sp³-hybridized carbons (Fsp3) is 0.400. The third kappa shape index (κ3) is 5.83. The van der Waals surface area contributed by atoms with Gasteiger partial charge in [-0.05, 0) is 23.8 Å². The first-order chi connectivity index (χ1) is 13.8. The lowest BCUT2D eigenvalue weighted by Gasteiger charge is -2.27. The van der Waals surface area contributed by atoms with Crippen LogP contribution in [-0.2, 0) is 16.0 Å². The Labute approximate surface area is 165 Å². The van der Waals surface area contributed by atoms with Crippen LogP contribution in [0.3, 0.4) is 0 Å². The zero-order chi connectivity index (χ0) is 19.6. The molecule has 8 heteroatoms. The molecule has 1 aliphatic heterocycles. The molecule has 0 saturated carbocycles. The van der Waals surface area contributed by atoms with Crippen molar-refractivity contribution in [1.82, 2.24) is 10.3 Å². The number of urea groups is 1. The maximum absolute atomic E-state index is 12.2. The standard InChI is InChI=1S/C20H27N5O3/c1-27-11-8-21-18-5-3-2-4-16(18)14-23-20(26)24-17-6-7-19(22-15-17)25-9-12-28-13-10-25/h2-7,15,21H,8-14H2,1H3,(H2,23,24,26). The maximum Gasteiger partial charge on any atom is 0.319 e. The Morgan fingerprint density at radius 1 is 1.21 bits per heavy atom. The number of carbonyl (C=O) groups excluding carboxylic acids is 1. The van der Waals surface area contributed by atoms with E-state index in [1.54, 1.807) is 13.3 Å². The third-order valence-corrected chi connectivity index (χ3v) is 4.42. The van der Waals surface area contributed by atoms with E-state index in [2.05, 4.69) is 25.8 Å². The fourth-order valence-corrected chi connectivity index (χ4v) is 2.92. The molecular weight excluding hydrogens is 358 g/mol. The minimum Gasteiger partial charge on any atom is -0.383 e. The lowest BCUT2D eigenvalue weighted by Crippen LogP contribution is -2.36. The average molecular weight is 385 g/mol. The van der Waals surface area contributed by atoms with Gasteiger partial charge in [-0.3, -0.25) is 0 Å². The summed E-state index contributed by atoms with van der Waals surface area (Å²) in [7, 11) is 1.67. The third-order valence-electron chi connectivity index (χ3n) is 4.42. The lowest BCUT2D eigenvalue weighted by atomic mass is 10.2. The summed E-state index contributed by atoms with van der Waals surface area (Å²) in [5.41, 5.74) is 2.65. The first-order valence-corrected chi connectivity index (χ1v) is 9.40. The van der Waals surface area contributed by atoms with E-state index in [1.165, 1.54) is 0 Å². The van der Waals surface area contributed by atoms with Gasteiger partial charge in [0.2, 0.25) is 0 Å². The van der Waals surface area contributed by atoms with E-state index in [4.69, 9.17) is 9.47 Å². The van der Waals surface area contributed by atoms with E-state index in [9.17, 15) is 4.79 Å². The molecule has 3 N–H and O–H groups in total. The van der Waals surface area contributed by atoms with Crippen molar-refractivity contribution in [3.63, 3.8) is 0 Å². The summed E-state index contributed by atoms with van der Waals surface area (Å²) in [4.78, 5) is 18.8. The van der Waals surface area contributed by atoms with Crippen LogP contribution in [0.1, 0.15) is 5.56 Å². The molecule has 2 amide bonds. The predicted molar refractivity (Wildman–Crippen MR) is 110 cm³/mol. The molecule has 2 aromatic rings. The topological polar surface area (TPSA) is 87.8 Å². The number of carbonyl (C=O) groups is 1. The Balaban J connectivity index is 1.49. The molecule has 2 heterocycles. The molecule has 0 spiro atoms. The predicted octanol–water partition coefficient (Wildman–Crippen LogP) is 2.30. The number of aromatic nitrogens is 1. The highest BCUT2D eigenvalue weighted by Gasteiger charge is 2.12. The number of pyridine rings is 1. The lowest BCUT2D eigenvalue weighted by molar-refractivity contribution is 0.122. The van der Waals surface area contributed by atoms with Crippen LogP contribution in [0, 0.1) is 0 Å². The van der Waals surface area contributed by atoms with Gasteiger partial charge in [0.15, 0.2) is 0 Å². The van der Waals surface area contributed by atoms with Crippen LogP contribution >= 0.6 is 0 Å². The van der Waals surface area contributed by atoms with Crippen LogP contribution in [0.2, 0.25) is 0 Å². The van der Waals surface area contributed by atoms with Gasteiger partial charge in [0.05, 0.1) is 31.7 Å². The van der Waals surface area contributed by atoms with Gasteiger partial charge in [-0.25, -0.2) is 9.78 Å². The molecule has 1 aliphatic rings. The van der Waals surface area contributed by atoms with Crippen LogP contribution in [0.25, 0.3) is 0 Å². The van der Waals surface area contributed by atoms with Crippen LogP contribution in [0.5, 0.6) is 0 Å². The normalized spacial score (nSPS) is 13.8. The summed E-state index contributed by atoms with van der Waals surface area (Å²) in [5.74, 6) is 0.894. The number of hydrogen-bond donors (Lipinski definition) is 3. The Morgan fingerprint density at radius 2 is 2.04 bits per heavy atom. The van der Waals surface area contributed by atoms with E-state index < -0.39 is 0 Å². The second-order valence-electron chi connectivity index (χ2n) is 6.39. The maximum atomic E-state index is 12.2. The molecule has 0 bridgehead atoms. The van der Waals surface area contributed by atoms with Crippen LogP contribution < -0.4 is 20.9 Å². The van der Waals surface area contributed by atoms with Crippen molar-refractivity contribution in [2.45, 2.75) is 6.54 Å². The van der Waals surface area contributed by atoms with Crippen LogP contribution in [0.15, 0.2) is 42.6 Å². The Hall–Kier alpha value is -2.84. The fourth-order valence-electron chi connectivity index (χ4n) is 2.92. The number of amides is 2. The monoisotopic (exact) mass is 385 g/mol. The quantitative estimate of drug-likeness (QED) is 0.605. The first-order valence-electron chi connectivity index (χ1n) is 9.40. The zero-order valence-electron chi connectivity index (χ0n) is 16.1. The van der Waals surface area contributed by atoms with Gasteiger partial charge in [-0.15, -0.1) is 0 Å². The van der Waals surface area contributed by atoms with Crippen molar-refractivity contribution in [3.05, 3.63) is 48.2 Å². The number of nitrogens with zero attached hydrogens (tertiary/aromatic N) is 2. The summed E-state index contributed by atoms with van der Waals surface area (Å²) < 4.78 is 10.4. The van der Waals surface area contributed by atoms with E-state index in [1.807, 2.05) is 36.4 Å². The molecule has 1 aromatic heterocycles. The highest BCUT2D eigenvalue weighted by atomic mass is 16.5. The summed E-state index contributed by atoms with van der Waals surface area (Å²) in [6.45, 7) is 4.84. The summed E-state index contributed by atoms with van der Waals surface area (Å²) >= 11 is 0. The van der Waals surface area contributed by atoms with Crippen LogP contribution in [0.4, 0.5) is 22.0 Å². The smallest absolute Gasteiger partial charge is 0.319 e. The van der Waals surface area contributed by atoms with Crippen molar-refractivity contribution >= 4 is 23.2 Å². The number of morpholine rings is 1. The number of para-hydroxylation sites is 1. The summed E-state index contributed by atoms with van der Waals surface area (Å²) in [5, 5.41) is 9.00. The molecule has 0 radical (unpaired) electrons. The second-order valence-corrected chi connectivity index (χ2v) is 6.39. The zero-order valence-corrected chi connectivity index (χ0v) is 16.1. The highest BCUT2D eigenvalue weighted by Crippen LogP contribution is 2.16. The van der Waals surface area contributed by atoms with E-state index in [0.29, 0.717) is 38.6 Å². The van der Waals surface area contributed by atoms with Crippen molar-refractivity contribution in [3.8, 4) is 0 Å². The number of benzene rings is 1. The van der Waals surface area contributed by atoms with Gasteiger partial charge >= 0.3 is 6.03 Å². The van der Waals surface area contributed by atoms with E-state index in [0.717, 1.165) is 30.2 Å². The van der Waals surface area contributed by atoms with Crippen molar-refractivity contribution in [1.29, 1.82) is 0 Å². The summed E-state index contributed by atoms with van der Waals surface area (Å²) in [6.07, 6.45) is 1.67. The molecule has 0 aliphatic carbocycles. The van der Waals surface area contributed by atoms with Crippen molar-refractivity contribution in [2.24, 2.45) is 0 Å². The molecule has 150 valence electrons. The highest BCUT2D eigenvalue weighted by molar-refractivity contribution is 5.89. The largest absolute Gasteiger partial charge is 0.383 e. The van der Waals surface area contributed by atoms with Crippen molar-refractivity contribution in [2.75, 3.05) is 62.1 Å². The first kappa shape index (κ1) is 19.9. The van der Waals surface area contributed by atoms with E-state index >= 15 is 0 Å². The SMILES string of the molecule is COCCNc1ccccc1CNC(=O)Nc1ccc(N2CCOCC2)nc1. The molecule has 1 fully saturated rings. The Kier molecular flexibility index (Phi) is 7.45. The number of anilines is 3. The van der Waals surface area contributed by atoms with Crippen LogP contribution in [-0.4, -0.2) is 57.6 Å². The molecule has 3 rings (SSSR count). The summed E-state index contributed by atoms with van der Waals surface area (Å²) in [6, 6.07) is 11.4. The van der Waals surface area contributed by atoms with Crippen molar-refractivity contribution < 1.29 is 14.3 Å². The molecule has 8 nitrogen and oxygen atoms in total. The molecule has 28 heavy (non-hydrogen) atoms. The molecular formula is C20H27N5O3. The molecule has 0 atom stereocenters. The average Bonchev–Trinajstić information content (AvgIpc) is 2.74. The Morgan fingerprint density at radius 3 is 2.79 bits per heavy atom. The van der Waals surface area contributed by atoms with Gasteiger partial charge in [0, 0.05) is 39.0 Å². The number of hydrogen-bond acceptors (Lipinski definition) is 6. The number of nitrogens with one attached hydrogen (secondary N) is 3. The minimum absolute atomic E-state index is 0.271. The van der Waals surface area contributed by atoms with Gasteiger partial charge in [0.1, 0.15) is 5.82 Å². The number of rotatable bonds is 8. The van der Waals surface area contributed by atoms with Gasteiger partial charge in [0.25, 0.3) is 0 Å². The van der Waals surface area contributed by atoms with E-state index in [-0.39, 0.29) is 6.03 Å². The Bertz CT molecular complexity index is 748. The minimum atomic E-state index is -0.271. The molecule has 1 saturated heterocycles. The number of ether oxygens (including phenoxy) is 2. The van der Waals surface area contributed by atoms with Gasteiger partial charge in [-0.1, -0.05) is 18.2 Å². The molecule has 0 unspecified atom stereocenters. The number of methoxy groups -OCH3 is 1. The second kappa shape index (κ2) is 10.5. The van der Waals surface area contributed by atoms with Gasteiger partial charge in [-0.2, -0.15) is 0 Å².